The van der Waals surface area contributed by atoms with Gasteiger partial charge >= 0.3 is 0 Å². The Labute approximate surface area is 123 Å². The van der Waals surface area contributed by atoms with E-state index in [-0.39, 0.29) is 0 Å². The first-order chi connectivity index (χ1) is 9.02. The summed E-state index contributed by atoms with van der Waals surface area (Å²) in [5, 5.41) is 15.1. The third-order valence-corrected chi connectivity index (χ3v) is 4.43. The van der Waals surface area contributed by atoms with Gasteiger partial charge in [-0.1, -0.05) is 25.5 Å². The van der Waals surface area contributed by atoms with Gasteiger partial charge in [0, 0.05) is 6.54 Å². The van der Waals surface area contributed by atoms with Crippen molar-refractivity contribution in [2.75, 3.05) is 0 Å². The number of aryl methyl sites for hydroxylation is 1. The minimum absolute atomic E-state index is 0.295. The third kappa shape index (κ3) is 3.29. The lowest BCUT2D eigenvalue weighted by atomic mass is 9.80. The van der Waals surface area contributed by atoms with Crippen molar-refractivity contribution in [3.05, 3.63) is 28.0 Å². The Morgan fingerprint density at radius 1 is 1.58 bits per heavy atom. The summed E-state index contributed by atoms with van der Waals surface area (Å²) in [5.74, 6) is 0.846. The molecule has 3 nitrogen and oxygen atoms in total. The van der Waals surface area contributed by atoms with Gasteiger partial charge in [-0.05, 0) is 54.0 Å². The predicted molar refractivity (Wildman–Crippen MR) is 80.8 cm³/mol. The van der Waals surface area contributed by atoms with Gasteiger partial charge in [0.1, 0.15) is 0 Å². The highest BCUT2D eigenvalue weighted by Crippen LogP contribution is 2.38. The summed E-state index contributed by atoms with van der Waals surface area (Å²) in [6.45, 7) is 7.37. The molecule has 1 aliphatic rings. The summed E-state index contributed by atoms with van der Waals surface area (Å²) in [5.41, 5.74) is 2.33. The lowest BCUT2D eigenvalue weighted by molar-refractivity contribution is 0.0839. The molecule has 0 aromatic carbocycles. The fourth-order valence-electron chi connectivity index (χ4n) is 3.12. The number of hydrogen-bond acceptors (Lipinski definition) is 2. The molecule has 0 amide bonds. The summed E-state index contributed by atoms with van der Waals surface area (Å²) < 4.78 is 2.86. The Morgan fingerprint density at radius 3 is 2.95 bits per heavy atom. The second kappa shape index (κ2) is 6.23. The van der Waals surface area contributed by atoms with E-state index in [2.05, 4.69) is 47.9 Å². The lowest BCUT2D eigenvalue weighted by Crippen LogP contribution is -2.22. The Morgan fingerprint density at radius 2 is 2.32 bits per heavy atom. The van der Waals surface area contributed by atoms with Crippen molar-refractivity contribution in [2.45, 2.75) is 52.7 Å². The topological polar surface area (TPSA) is 38.0 Å². The second-order valence-electron chi connectivity index (χ2n) is 5.74. The van der Waals surface area contributed by atoms with Gasteiger partial charge in [-0.15, -0.1) is 0 Å². The number of hydrogen-bond donors (Lipinski definition) is 1. The molecule has 1 heterocycles. The SMILES string of the molecule is CCCn1ncc(Br)c1C(O)C1CC(C)=CC(C)C1. The summed E-state index contributed by atoms with van der Waals surface area (Å²) >= 11 is 3.53. The largest absolute Gasteiger partial charge is 0.386 e. The van der Waals surface area contributed by atoms with Crippen LogP contribution in [0.25, 0.3) is 0 Å². The van der Waals surface area contributed by atoms with Gasteiger partial charge in [-0.25, -0.2) is 0 Å². The molecule has 4 heteroatoms. The van der Waals surface area contributed by atoms with Crippen LogP contribution in [0.2, 0.25) is 0 Å². The van der Waals surface area contributed by atoms with Crippen LogP contribution in [-0.4, -0.2) is 14.9 Å². The fraction of sp³-hybridized carbons (Fsp3) is 0.667. The smallest absolute Gasteiger partial charge is 0.0999 e. The summed E-state index contributed by atoms with van der Waals surface area (Å²) in [6, 6.07) is 0. The van der Waals surface area contributed by atoms with Gasteiger partial charge in [-0.3, -0.25) is 4.68 Å². The van der Waals surface area contributed by atoms with Crippen molar-refractivity contribution in [1.29, 1.82) is 0 Å². The van der Waals surface area contributed by atoms with Crippen molar-refractivity contribution >= 4 is 15.9 Å². The predicted octanol–water partition coefficient (Wildman–Crippen LogP) is 4.08. The summed E-state index contributed by atoms with van der Waals surface area (Å²) in [4.78, 5) is 0. The highest BCUT2D eigenvalue weighted by molar-refractivity contribution is 9.10. The molecule has 1 aromatic heterocycles. The maximum atomic E-state index is 10.7. The molecule has 0 bridgehead atoms. The van der Waals surface area contributed by atoms with E-state index in [9.17, 15) is 5.11 Å². The number of aliphatic hydroxyl groups excluding tert-OH is 1. The van der Waals surface area contributed by atoms with Gasteiger partial charge in [0.05, 0.1) is 22.5 Å². The Balaban J connectivity index is 2.22. The first kappa shape index (κ1) is 14.8. The third-order valence-electron chi connectivity index (χ3n) is 3.82. The van der Waals surface area contributed by atoms with E-state index in [4.69, 9.17) is 0 Å². The molecule has 3 atom stereocenters. The van der Waals surface area contributed by atoms with Crippen molar-refractivity contribution in [1.82, 2.24) is 9.78 Å². The fourth-order valence-corrected chi connectivity index (χ4v) is 3.65. The number of aliphatic hydroxyl groups is 1. The zero-order chi connectivity index (χ0) is 14.0. The number of aromatic nitrogens is 2. The normalized spacial score (nSPS) is 25.2. The highest BCUT2D eigenvalue weighted by Gasteiger charge is 2.29. The Bertz CT molecular complexity index is 467. The maximum Gasteiger partial charge on any atom is 0.0999 e. The number of nitrogens with zero attached hydrogens (tertiary/aromatic N) is 2. The molecule has 106 valence electrons. The molecule has 0 saturated carbocycles. The average molecular weight is 327 g/mol. The summed E-state index contributed by atoms with van der Waals surface area (Å²) in [7, 11) is 0. The first-order valence-corrected chi connectivity index (χ1v) is 7.88. The highest BCUT2D eigenvalue weighted by atomic mass is 79.9. The van der Waals surface area contributed by atoms with Gasteiger partial charge in [0.2, 0.25) is 0 Å². The van der Waals surface area contributed by atoms with E-state index >= 15 is 0 Å². The van der Waals surface area contributed by atoms with E-state index in [1.54, 1.807) is 6.20 Å². The van der Waals surface area contributed by atoms with Crippen molar-refractivity contribution in [3.8, 4) is 0 Å². The van der Waals surface area contributed by atoms with Gasteiger partial charge in [0.25, 0.3) is 0 Å². The molecule has 3 unspecified atom stereocenters. The Hall–Kier alpha value is -0.610. The number of rotatable bonds is 4. The van der Waals surface area contributed by atoms with E-state index in [1.165, 1.54) is 5.57 Å². The zero-order valence-corrected chi connectivity index (χ0v) is 13.5. The lowest BCUT2D eigenvalue weighted by Gasteiger charge is -2.30. The van der Waals surface area contributed by atoms with E-state index in [1.807, 2.05) is 4.68 Å². The molecule has 1 aromatic rings. The first-order valence-electron chi connectivity index (χ1n) is 7.09. The van der Waals surface area contributed by atoms with Gasteiger partial charge in [0.15, 0.2) is 0 Å². The molecule has 0 spiro atoms. The molecule has 0 radical (unpaired) electrons. The molecular formula is C15H23BrN2O. The molecule has 0 fully saturated rings. The standard InChI is InChI=1S/C15H23BrN2O/c1-4-5-18-14(13(16)9-17-18)15(19)12-7-10(2)6-11(3)8-12/h6,9-10,12,15,19H,4-5,7-8H2,1-3H3. The van der Waals surface area contributed by atoms with Crippen LogP contribution in [0.3, 0.4) is 0 Å². The molecular weight excluding hydrogens is 304 g/mol. The molecule has 0 saturated heterocycles. The molecule has 2 rings (SSSR count). The minimum Gasteiger partial charge on any atom is -0.386 e. The van der Waals surface area contributed by atoms with Crippen LogP contribution >= 0.6 is 15.9 Å². The van der Waals surface area contributed by atoms with Crippen LogP contribution in [0, 0.1) is 11.8 Å². The van der Waals surface area contributed by atoms with Crippen molar-refractivity contribution < 1.29 is 5.11 Å². The van der Waals surface area contributed by atoms with E-state index in [0.717, 1.165) is 36.0 Å². The molecule has 0 aliphatic heterocycles. The van der Waals surface area contributed by atoms with Crippen LogP contribution < -0.4 is 0 Å². The molecule has 19 heavy (non-hydrogen) atoms. The van der Waals surface area contributed by atoms with Crippen LogP contribution in [0.15, 0.2) is 22.3 Å². The molecule has 1 aliphatic carbocycles. The van der Waals surface area contributed by atoms with Gasteiger partial charge < -0.3 is 5.11 Å². The van der Waals surface area contributed by atoms with E-state index < -0.39 is 6.10 Å². The number of halogens is 1. The monoisotopic (exact) mass is 326 g/mol. The van der Waals surface area contributed by atoms with Crippen molar-refractivity contribution in [3.63, 3.8) is 0 Å². The molecule has 1 N–H and O–H groups in total. The summed E-state index contributed by atoms with van der Waals surface area (Å²) in [6.07, 6.45) is 6.73. The second-order valence-corrected chi connectivity index (χ2v) is 6.59. The van der Waals surface area contributed by atoms with Crippen LogP contribution in [0.4, 0.5) is 0 Å². The van der Waals surface area contributed by atoms with Crippen LogP contribution in [0.1, 0.15) is 51.8 Å². The van der Waals surface area contributed by atoms with Crippen LogP contribution in [0.5, 0.6) is 0 Å². The maximum absolute atomic E-state index is 10.7. The Kier molecular flexibility index (Phi) is 4.85. The number of allylic oxidation sites excluding steroid dienone is 2. The zero-order valence-electron chi connectivity index (χ0n) is 11.9. The average Bonchev–Trinajstić information content (AvgIpc) is 2.69. The quantitative estimate of drug-likeness (QED) is 0.846. The van der Waals surface area contributed by atoms with E-state index in [0.29, 0.717) is 11.8 Å². The van der Waals surface area contributed by atoms with Crippen molar-refractivity contribution in [2.24, 2.45) is 11.8 Å². The minimum atomic E-state index is -0.436. The van der Waals surface area contributed by atoms with Gasteiger partial charge in [-0.2, -0.15) is 5.10 Å². The van der Waals surface area contributed by atoms with Crippen LogP contribution in [-0.2, 0) is 6.54 Å².